The van der Waals surface area contributed by atoms with E-state index in [1.54, 1.807) is 12.1 Å². The topological polar surface area (TPSA) is 75.7 Å². The lowest BCUT2D eigenvalue weighted by molar-refractivity contribution is 0.123. The highest BCUT2D eigenvalue weighted by Gasteiger charge is 2.37. The summed E-state index contributed by atoms with van der Waals surface area (Å²) in [7, 11) is -3.51. The molecule has 0 bridgehead atoms. The van der Waals surface area contributed by atoms with Crippen molar-refractivity contribution in [3.8, 4) is 0 Å². The average Bonchev–Trinajstić information content (AvgIpc) is 2.63. The predicted molar refractivity (Wildman–Crippen MR) is 98.1 cm³/mol. The van der Waals surface area contributed by atoms with Crippen LogP contribution in [-0.2, 0) is 27.8 Å². The number of carbonyl (C=O) groups is 1. The summed E-state index contributed by atoms with van der Waals surface area (Å²) in [6, 6.07) is 16.0. The Kier molecular flexibility index (Phi) is 5.58. The molecule has 1 aliphatic heterocycles. The summed E-state index contributed by atoms with van der Waals surface area (Å²) in [5.74, 6) is 0. The van der Waals surface area contributed by atoms with Gasteiger partial charge in [0.1, 0.15) is 6.61 Å². The molecule has 1 heterocycles. The van der Waals surface area contributed by atoms with Gasteiger partial charge in [0, 0.05) is 13.1 Å². The summed E-state index contributed by atoms with van der Waals surface area (Å²) < 4.78 is 31.6. The highest BCUT2D eigenvalue weighted by molar-refractivity contribution is 7.89. The van der Waals surface area contributed by atoms with Crippen molar-refractivity contribution in [2.24, 2.45) is 0 Å². The van der Waals surface area contributed by atoms with Crippen LogP contribution in [0.5, 0.6) is 0 Å². The Morgan fingerprint density at radius 1 is 1.08 bits per heavy atom. The summed E-state index contributed by atoms with van der Waals surface area (Å²) in [6.07, 6.45) is 0.324. The normalized spacial score (nSPS) is 15.3. The summed E-state index contributed by atoms with van der Waals surface area (Å²) in [6.45, 7) is 2.70. The van der Waals surface area contributed by atoms with Crippen molar-refractivity contribution in [2.45, 2.75) is 30.9 Å². The zero-order valence-corrected chi connectivity index (χ0v) is 15.4. The minimum Gasteiger partial charge on any atom is -0.445 e. The average molecular weight is 374 g/mol. The molecule has 2 aromatic carbocycles. The molecule has 3 rings (SSSR count). The lowest BCUT2D eigenvalue weighted by Crippen LogP contribution is -2.60. The van der Waals surface area contributed by atoms with Gasteiger partial charge in [0.25, 0.3) is 0 Å². The Labute approximate surface area is 153 Å². The number of sulfonamides is 1. The molecule has 0 saturated carbocycles. The fourth-order valence-electron chi connectivity index (χ4n) is 2.70. The van der Waals surface area contributed by atoms with Crippen LogP contribution >= 0.6 is 0 Å². The molecule has 0 aliphatic carbocycles. The van der Waals surface area contributed by atoms with Crippen LogP contribution in [0.4, 0.5) is 4.79 Å². The zero-order chi connectivity index (χ0) is 18.6. The van der Waals surface area contributed by atoms with Crippen molar-refractivity contribution in [1.82, 2.24) is 9.62 Å². The van der Waals surface area contributed by atoms with E-state index in [-0.39, 0.29) is 30.6 Å². The molecule has 6 nitrogen and oxygen atoms in total. The van der Waals surface area contributed by atoms with Gasteiger partial charge >= 0.3 is 6.09 Å². The van der Waals surface area contributed by atoms with Gasteiger partial charge < -0.3 is 10.1 Å². The Morgan fingerprint density at radius 3 is 2.35 bits per heavy atom. The van der Waals surface area contributed by atoms with Crippen molar-refractivity contribution in [3.63, 3.8) is 0 Å². The quantitative estimate of drug-likeness (QED) is 0.843. The fraction of sp³-hybridized carbons (Fsp3) is 0.316. The maximum Gasteiger partial charge on any atom is 0.407 e. The predicted octanol–water partition coefficient (Wildman–Crippen LogP) is 2.55. The van der Waals surface area contributed by atoms with E-state index < -0.39 is 16.1 Å². The summed E-state index contributed by atoms with van der Waals surface area (Å²) in [5, 5.41) is 2.69. The van der Waals surface area contributed by atoms with Crippen LogP contribution in [0.1, 0.15) is 18.1 Å². The molecule has 138 valence electrons. The number of benzene rings is 2. The Balaban J connectivity index is 1.47. The van der Waals surface area contributed by atoms with Gasteiger partial charge in [0.2, 0.25) is 10.0 Å². The van der Waals surface area contributed by atoms with Crippen molar-refractivity contribution < 1.29 is 17.9 Å². The van der Waals surface area contributed by atoms with E-state index in [0.29, 0.717) is 0 Å². The molecule has 1 amide bonds. The summed E-state index contributed by atoms with van der Waals surface area (Å²) in [5.41, 5.74) is 1.99. The van der Waals surface area contributed by atoms with Crippen molar-refractivity contribution in [3.05, 3.63) is 65.7 Å². The standard InChI is InChI=1S/C19H22N2O4S/c1-2-15-8-10-18(11-9-15)26(23,24)21-12-17(13-21)20-19(22)25-14-16-6-4-3-5-7-16/h3-11,17H,2,12-14H2,1H3,(H,20,22). The largest absolute Gasteiger partial charge is 0.445 e. The molecule has 1 aliphatic rings. The third kappa shape index (κ3) is 4.23. The second-order valence-electron chi connectivity index (χ2n) is 6.22. The minimum absolute atomic E-state index is 0.186. The molecule has 1 fully saturated rings. The van der Waals surface area contributed by atoms with Crippen LogP contribution in [0.25, 0.3) is 0 Å². The molecule has 26 heavy (non-hydrogen) atoms. The number of alkyl carbamates (subject to hydrolysis) is 1. The minimum atomic E-state index is -3.51. The molecule has 2 aromatic rings. The lowest BCUT2D eigenvalue weighted by atomic mass is 10.2. The van der Waals surface area contributed by atoms with Crippen LogP contribution in [0.2, 0.25) is 0 Å². The number of ether oxygens (including phenoxy) is 1. The van der Waals surface area contributed by atoms with E-state index in [9.17, 15) is 13.2 Å². The van der Waals surface area contributed by atoms with Gasteiger partial charge in [-0.3, -0.25) is 0 Å². The molecule has 0 unspecified atom stereocenters. The number of amides is 1. The van der Waals surface area contributed by atoms with E-state index in [1.165, 1.54) is 4.31 Å². The molecule has 0 aromatic heterocycles. The SMILES string of the molecule is CCc1ccc(S(=O)(=O)N2CC(NC(=O)OCc3ccccc3)C2)cc1. The number of hydrogen-bond acceptors (Lipinski definition) is 4. The highest BCUT2D eigenvalue weighted by Crippen LogP contribution is 2.22. The molecular weight excluding hydrogens is 352 g/mol. The van der Waals surface area contributed by atoms with Crippen LogP contribution in [0.3, 0.4) is 0 Å². The van der Waals surface area contributed by atoms with Crippen molar-refractivity contribution >= 4 is 16.1 Å². The molecule has 7 heteroatoms. The maximum atomic E-state index is 12.5. The highest BCUT2D eigenvalue weighted by atomic mass is 32.2. The van der Waals surface area contributed by atoms with Crippen molar-refractivity contribution in [1.29, 1.82) is 0 Å². The van der Waals surface area contributed by atoms with E-state index in [2.05, 4.69) is 5.32 Å². The Hall–Kier alpha value is -2.38. The number of nitrogens with zero attached hydrogens (tertiary/aromatic N) is 1. The third-order valence-corrected chi connectivity index (χ3v) is 6.20. The number of hydrogen-bond donors (Lipinski definition) is 1. The summed E-state index contributed by atoms with van der Waals surface area (Å²) >= 11 is 0. The first kappa shape index (κ1) is 18.4. The van der Waals surface area contributed by atoms with Crippen LogP contribution in [0, 0.1) is 0 Å². The molecule has 0 spiro atoms. The first-order valence-corrected chi connectivity index (χ1v) is 9.99. The Bertz CT molecular complexity index is 845. The van der Waals surface area contributed by atoms with Gasteiger partial charge in [-0.1, -0.05) is 49.4 Å². The second kappa shape index (κ2) is 7.88. The Morgan fingerprint density at radius 2 is 1.73 bits per heavy atom. The van der Waals surface area contributed by atoms with Gasteiger partial charge in [-0.15, -0.1) is 0 Å². The van der Waals surface area contributed by atoms with Crippen LogP contribution in [0.15, 0.2) is 59.5 Å². The molecular formula is C19H22N2O4S. The van der Waals surface area contributed by atoms with Gasteiger partial charge in [0.05, 0.1) is 10.9 Å². The van der Waals surface area contributed by atoms with E-state index in [4.69, 9.17) is 4.74 Å². The number of carbonyl (C=O) groups excluding carboxylic acids is 1. The first-order valence-electron chi connectivity index (χ1n) is 8.55. The van der Waals surface area contributed by atoms with Crippen LogP contribution in [-0.4, -0.2) is 37.9 Å². The lowest BCUT2D eigenvalue weighted by Gasteiger charge is -2.38. The van der Waals surface area contributed by atoms with Gasteiger partial charge in [0.15, 0.2) is 0 Å². The van der Waals surface area contributed by atoms with Gasteiger partial charge in [-0.25, -0.2) is 13.2 Å². The number of rotatable bonds is 6. The van der Waals surface area contributed by atoms with Crippen molar-refractivity contribution in [2.75, 3.05) is 13.1 Å². The fourth-order valence-corrected chi connectivity index (χ4v) is 4.23. The van der Waals surface area contributed by atoms with E-state index in [0.717, 1.165) is 17.5 Å². The van der Waals surface area contributed by atoms with Gasteiger partial charge in [-0.05, 0) is 29.7 Å². The van der Waals surface area contributed by atoms with E-state index in [1.807, 2.05) is 49.4 Å². The third-order valence-electron chi connectivity index (χ3n) is 4.35. The summed E-state index contributed by atoms with van der Waals surface area (Å²) in [4.78, 5) is 12.1. The number of aryl methyl sites for hydroxylation is 1. The first-order chi connectivity index (χ1) is 12.5. The zero-order valence-electron chi connectivity index (χ0n) is 14.6. The van der Waals surface area contributed by atoms with Gasteiger partial charge in [-0.2, -0.15) is 4.31 Å². The second-order valence-corrected chi connectivity index (χ2v) is 8.16. The molecule has 1 saturated heterocycles. The molecule has 0 atom stereocenters. The molecule has 0 radical (unpaired) electrons. The molecule has 1 N–H and O–H groups in total. The maximum absolute atomic E-state index is 12.5. The van der Waals surface area contributed by atoms with E-state index >= 15 is 0 Å². The monoisotopic (exact) mass is 374 g/mol. The number of nitrogens with one attached hydrogen (secondary N) is 1. The smallest absolute Gasteiger partial charge is 0.407 e. The van der Waals surface area contributed by atoms with Crippen LogP contribution < -0.4 is 5.32 Å².